The molecule has 2 nitrogen and oxygen atoms in total. The van der Waals surface area contributed by atoms with E-state index in [1.165, 1.54) is 64.3 Å². The van der Waals surface area contributed by atoms with Crippen molar-refractivity contribution >= 4 is 81.3 Å². The summed E-state index contributed by atoms with van der Waals surface area (Å²) < 4.78 is 8.80. The normalized spacial score (nSPS) is 12.3. The summed E-state index contributed by atoms with van der Waals surface area (Å²) in [5.74, 6) is 0. The average molecular weight is 832 g/mol. The SMILES string of the molecule is CC(C)(C)c1cc(-c2cccc3cccc(-c4ccccc4N(c4cccc(-c5ccc6oc7ccccc7c6c5)c4)c4cccc5sc6ccccc6c45)c23)cc(C(C)(C)C)c1. The summed E-state index contributed by atoms with van der Waals surface area (Å²) in [7, 11) is 0. The summed E-state index contributed by atoms with van der Waals surface area (Å²) >= 11 is 1.86. The first-order valence-corrected chi connectivity index (χ1v) is 22.8. The number of fused-ring (bicyclic) bond motifs is 7. The lowest BCUT2D eigenvalue weighted by molar-refractivity contribution is 0.569. The van der Waals surface area contributed by atoms with Gasteiger partial charge in [-0.25, -0.2) is 0 Å². The van der Waals surface area contributed by atoms with Crippen LogP contribution in [0.1, 0.15) is 52.7 Å². The third-order valence-corrected chi connectivity index (χ3v) is 13.9. The van der Waals surface area contributed by atoms with Crippen LogP contribution >= 0.6 is 11.3 Å². The summed E-state index contributed by atoms with van der Waals surface area (Å²) in [5, 5.41) is 7.26. The van der Waals surface area contributed by atoms with Crippen LogP contribution < -0.4 is 4.90 Å². The van der Waals surface area contributed by atoms with Crippen molar-refractivity contribution in [2.75, 3.05) is 4.90 Å². The number of anilines is 3. The zero-order chi connectivity index (χ0) is 43.0. The van der Waals surface area contributed by atoms with Crippen LogP contribution in [0.3, 0.4) is 0 Å². The van der Waals surface area contributed by atoms with Gasteiger partial charge in [-0.3, -0.25) is 0 Å². The molecule has 0 bridgehead atoms. The van der Waals surface area contributed by atoms with Crippen LogP contribution in [-0.2, 0) is 10.8 Å². The Morgan fingerprint density at radius 3 is 1.79 bits per heavy atom. The van der Waals surface area contributed by atoms with Crippen molar-refractivity contribution < 1.29 is 4.42 Å². The zero-order valence-corrected chi connectivity index (χ0v) is 37.5. The molecular formula is C60H49NOS. The monoisotopic (exact) mass is 831 g/mol. The molecule has 0 spiro atoms. The number of rotatable bonds is 6. The lowest BCUT2D eigenvalue weighted by Crippen LogP contribution is -2.16. The summed E-state index contributed by atoms with van der Waals surface area (Å²) in [6.45, 7) is 13.9. The smallest absolute Gasteiger partial charge is 0.135 e. The number of benzene rings is 9. The second kappa shape index (κ2) is 14.9. The van der Waals surface area contributed by atoms with Gasteiger partial charge in [-0.15, -0.1) is 11.3 Å². The van der Waals surface area contributed by atoms with Crippen molar-refractivity contribution in [1.82, 2.24) is 0 Å². The maximum Gasteiger partial charge on any atom is 0.135 e. The van der Waals surface area contributed by atoms with Gasteiger partial charge >= 0.3 is 0 Å². The maximum absolute atomic E-state index is 6.25. The van der Waals surface area contributed by atoms with E-state index in [0.29, 0.717) is 0 Å². The van der Waals surface area contributed by atoms with Crippen LogP contribution in [0.5, 0.6) is 0 Å². The van der Waals surface area contributed by atoms with Gasteiger partial charge in [0.05, 0.1) is 11.4 Å². The molecule has 3 heteroatoms. The summed E-state index contributed by atoms with van der Waals surface area (Å²) in [6, 6.07) is 69.4. The van der Waals surface area contributed by atoms with Crippen LogP contribution in [0.25, 0.3) is 86.3 Å². The van der Waals surface area contributed by atoms with Gasteiger partial charge in [0.25, 0.3) is 0 Å². The van der Waals surface area contributed by atoms with Gasteiger partial charge in [-0.1, -0.05) is 175 Å². The predicted octanol–water partition coefficient (Wildman–Crippen LogP) is 18.2. The topological polar surface area (TPSA) is 16.4 Å². The Morgan fingerprint density at radius 2 is 1.00 bits per heavy atom. The molecule has 11 rings (SSSR count). The van der Waals surface area contributed by atoms with Crippen LogP contribution in [0.2, 0.25) is 0 Å². The Morgan fingerprint density at radius 1 is 0.397 bits per heavy atom. The molecule has 0 amide bonds. The van der Waals surface area contributed by atoms with Crippen LogP contribution in [0.15, 0.2) is 192 Å². The standard InChI is InChI=1S/C60H49NOS/c1-59(2,3)42-33-41(34-43(37-42)60(4,5)6)45-24-14-17-38-18-15-25-48(57(38)45)46-21-7-10-26-51(46)61(52-27-16-30-56-58(52)49-23-9-12-29-55(49)63-56)44-20-13-19-39(35-44)40-31-32-54-50(36-40)47-22-8-11-28-53(47)62-54/h7-37H,1-6H3. The van der Waals surface area contributed by atoms with Crippen molar-refractivity contribution in [2.45, 2.75) is 52.4 Å². The van der Waals surface area contributed by atoms with E-state index in [4.69, 9.17) is 4.42 Å². The zero-order valence-electron chi connectivity index (χ0n) is 36.7. The molecule has 0 atom stereocenters. The number of thiophene rings is 1. The molecule has 0 aliphatic carbocycles. The fourth-order valence-electron chi connectivity index (χ4n) is 9.43. The van der Waals surface area contributed by atoms with Crippen LogP contribution in [-0.4, -0.2) is 0 Å². The molecule has 0 N–H and O–H groups in total. The lowest BCUT2D eigenvalue weighted by Gasteiger charge is -2.30. The molecule has 0 aliphatic heterocycles. The Bertz CT molecular complexity index is 3520. The number of hydrogen-bond donors (Lipinski definition) is 0. The van der Waals surface area contributed by atoms with E-state index >= 15 is 0 Å². The molecule has 0 unspecified atom stereocenters. The number of furan rings is 1. The van der Waals surface area contributed by atoms with Gasteiger partial charge in [0.2, 0.25) is 0 Å². The second-order valence-corrected chi connectivity index (χ2v) is 20.1. The Labute approximate surface area is 373 Å². The maximum atomic E-state index is 6.25. The van der Waals surface area contributed by atoms with Crippen molar-refractivity contribution in [3.05, 3.63) is 199 Å². The van der Waals surface area contributed by atoms with Crippen molar-refractivity contribution in [3.63, 3.8) is 0 Å². The van der Waals surface area contributed by atoms with Gasteiger partial charge < -0.3 is 9.32 Å². The van der Waals surface area contributed by atoms with E-state index < -0.39 is 0 Å². The van der Waals surface area contributed by atoms with E-state index in [-0.39, 0.29) is 10.8 Å². The van der Waals surface area contributed by atoms with Crippen molar-refractivity contribution in [2.24, 2.45) is 0 Å². The number of para-hydroxylation sites is 2. The van der Waals surface area contributed by atoms with Gasteiger partial charge in [0, 0.05) is 42.2 Å². The van der Waals surface area contributed by atoms with E-state index in [0.717, 1.165) is 50.1 Å². The van der Waals surface area contributed by atoms with Crippen LogP contribution in [0, 0.1) is 0 Å². The van der Waals surface area contributed by atoms with Crippen molar-refractivity contribution in [3.8, 4) is 33.4 Å². The largest absolute Gasteiger partial charge is 0.456 e. The molecule has 11 aromatic rings. The van der Waals surface area contributed by atoms with Gasteiger partial charge in [-0.2, -0.15) is 0 Å². The highest BCUT2D eigenvalue weighted by atomic mass is 32.1. The molecule has 0 saturated heterocycles. The van der Waals surface area contributed by atoms with E-state index in [2.05, 4.69) is 222 Å². The fourth-order valence-corrected chi connectivity index (χ4v) is 10.6. The summed E-state index contributed by atoms with van der Waals surface area (Å²) in [4.78, 5) is 2.51. The minimum atomic E-state index is -0.00400. The van der Waals surface area contributed by atoms with E-state index in [9.17, 15) is 0 Å². The Balaban J connectivity index is 1.16. The lowest BCUT2D eigenvalue weighted by atomic mass is 9.78. The van der Waals surface area contributed by atoms with Gasteiger partial charge in [0.15, 0.2) is 0 Å². The van der Waals surface area contributed by atoms with Crippen LogP contribution in [0.4, 0.5) is 17.1 Å². The molecule has 9 aromatic carbocycles. The van der Waals surface area contributed by atoms with Gasteiger partial charge in [-0.05, 0) is 115 Å². The first-order valence-electron chi connectivity index (χ1n) is 22.0. The first kappa shape index (κ1) is 38.9. The first-order chi connectivity index (χ1) is 30.5. The number of nitrogens with zero attached hydrogens (tertiary/aromatic N) is 1. The quantitative estimate of drug-likeness (QED) is 0.166. The second-order valence-electron chi connectivity index (χ2n) is 19.0. The Kier molecular flexibility index (Phi) is 9.19. The molecule has 2 heterocycles. The highest BCUT2D eigenvalue weighted by molar-refractivity contribution is 7.26. The third kappa shape index (κ3) is 6.79. The minimum absolute atomic E-state index is 0.00400. The molecular weight excluding hydrogens is 783 g/mol. The van der Waals surface area contributed by atoms with Crippen molar-refractivity contribution in [1.29, 1.82) is 0 Å². The summed E-state index contributed by atoms with van der Waals surface area (Å²) in [5.41, 5.74) is 15.0. The third-order valence-electron chi connectivity index (χ3n) is 12.8. The van der Waals surface area contributed by atoms with E-state index in [1.54, 1.807) is 0 Å². The molecule has 0 radical (unpaired) electrons. The molecule has 2 aromatic heterocycles. The molecule has 63 heavy (non-hydrogen) atoms. The van der Waals surface area contributed by atoms with Gasteiger partial charge in [0.1, 0.15) is 11.2 Å². The number of hydrogen-bond acceptors (Lipinski definition) is 3. The molecule has 0 saturated carbocycles. The Hall–Kier alpha value is -6.94. The average Bonchev–Trinajstić information content (AvgIpc) is 3.87. The fraction of sp³-hybridized carbons (Fsp3) is 0.133. The summed E-state index contributed by atoms with van der Waals surface area (Å²) in [6.07, 6.45) is 0. The molecule has 0 aliphatic rings. The highest BCUT2D eigenvalue weighted by Gasteiger charge is 2.25. The minimum Gasteiger partial charge on any atom is -0.456 e. The molecule has 306 valence electrons. The van der Waals surface area contributed by atoms with E-state index in [1.807, 2.05) is 23.5 Å². The molecule has 0 fully saturated rings. The predicted molar refractivity (Wildman–Crippen MR) is 273 cm³/mol. The highest BCUT2D eigenvalue weighted by Crippen LogP contribution is 2.49.